The number of ether oxygens (including phenoxy) is 2. The maximum absolute atomic E-state index is 12.5. The van der Waals surface area contributed by atoms with Crippen LogP contribution in [0.3, 0.4) is 0 Å². The lowest BCUT2D eigenvalue weighted by molar-refractivity contribution is -0.945. The van der Waals surface area contributed by atoms with Crippen molar-refractivity contribution >= 4 is 5.65 Å². The average molecular weight is 380 g/mol. The number of benzene rings is 1. The third-order valence-electron chi connectivity index (χ3n) is 5.79. The molecule has 1 unspecified atom stereocenters. The Kier molecular flexibility index (Phi) is 4.81. The van der Waals surface area contributed by atoms with E-state index >= 15 is 0 Å². The molecule has 0 radical (unpaired) electrons. The van der Waals surface area contributed by atoms with Crippen LogP contribution in [-0.2, 0) is 13.0 Å². The Bertz CT molecular complexity index is 1090. The van der Waals surface area contributed by atoms with Crippen LogP contribution in [0, 0.1) is 6.92 Å². The highest BCUT2D eigenvalue weighted by Gasteiger charge is 2.29. The van der Waals surface area contributed by atoms with Crippen molar-refractivity contribution in [3.63, 3.8) is 0 Å². The van der Waals surface area contributed by atoms with E-state index in [1.165, 1.54) is 16.0 Å². The van der Waals surface area contributed by atoms with Crippen LogP contribution in [0.4, 0.5) is 0 Å². The van der Waals surface area contributed by atoms with Crippen molar-refractivity contribution in [3.05, 3.63) is 69.3 Å². The summed E-state index contributed by atoms with van der Waals surface area (Å²) in [6, 6.07) is 9.98. The third-order valence-corrected chi connectivity index (χ3v) is 5.79. The summed E-state index contributed by atoms with van der Waals surface area (Å²) >= 11 is 0. The molecule has 6 heteroatoms. The van der Waals surface area contributed by atoms with Gasteiger partial charge in [0.2, 0.25) is 0 Å². The number of nitrogens with zero attached hydrogens (tertiary/aromatic N) is 2. The topological polar surface area (TPSA) is 57.3 Å². The fourth-order valence-electron chi connectivity index (χ4n) is 4.16. The standard InChI is InChI=1S/C22H25N3O3/c1-14-6-5-8-25-21(26)11-17(23-22(14)25)13-24-9-7-16-10-19(27-3)20(28-4)12-18(16)15(24)2/h5-6,8,10-12,15H,7,9,13H2,1-4H3/p+1/t15-/m1/s1. The summed E-state index contributed by atoms with van der Waals surface area (Å²) in [4.78, 5) is 18.7. The van der Waals surface area contributed by atoms with E-state index in [4.69, 9.17) is 14.5 Å². The van der Waals surface area contributed by atoms with E-state index in [-0.39, 0.29) is 11.6 Å². The minimum Gasteiger partial charge on any atom is -0.493 e. The molecular weight excluding hydrogens is 354 g/mol. The minimum absolute atomic E-state index is 0.0282. The SMILES string of the molecule is COc1cc2c(cc1OC)[C@@H](C)[NH+](Cc1cc(=O)n3cccc(C)c3n1)CC2. The molecule has 6 nitrogen and oxygen atoms in total. The van der Waals surface area contributed by atoms with Crippen LogP contribution in [0.15, 0.2) is 41.3 Å². The molecule has 0 fully saturated rings. The molecule has 0 saturated carbocycles. The molecule has 1 aliphatic heterocycles. The molecule has 0 saturated heterocycles. The predicted molar refractivity (Wildman–Crippen MR) is 107 cm³/mol. The van der Waals surface area contributed by atoms with Crippen LogP contribution >= 0.6 is 0 Å². The second-order valence-electron chi connectivity index (χ2n) is 7.43. The molecule has 1 N–H and O–H groups in total. The van der Waals surface area contributed by atoms with Gasteiger partial charge < -0.3 is 14.4 Å². The third kappa shape index (κ3) is 3.14. The lowest BCUT2D eigenvalue weighted by atomic mass is 9.92. The number of nitrogens with one attached hydrogen (secondary N) is 1. The summed E-state index contributed by atoms with van der Waals surface area (Å²) < 4.78 is 12.5. The predicted octanol–water partition coefficient (Wildman–Crippen LogP) is 1.72. The summed E-state index contributed by atoms with van der Waals surface area (Å²) in [5, 5.41) is 0. The van der Waals surface area contributed by atoms with Gasteiger partial charge in [0.25, 0.3) is 5.56 Å². The quantitative estimate of drug-likeness (QED) is 0.749. The highest BCUT2D eigenvalue weighted by Crippen LogP contribution is 2.33. The van der Waals surface area contributed by atoms with Gasteiger partial charge in [0.15, 0.2) is 11.5 Å². The summed E-state index contributed by atoms with van der Waals surface area (Å²) in [5.41, 5.74) is 5.12. The fraction of sp³-hybridized carbons (Fsp3) is 0.364. The molecule has 0 aliphatic carbocycles. The van der Waals surface area contributed by atoms with Crippen LogP contribution < -0.4 is 19.9 Å². The zero-order valence-electron chi connectivity index (χ0n) is 16.8. The number of quaternary nitrogens is 1. The summed E-state index contributed by atoms with van der Waals surface area (Å²) in [6.07, 6.45) is 2.73. The van der Waals surface area contributed by atoms with Crippen LogP contribution in [0.2, 0.25) is 0 Å². The van der Waals surface area contributed by atoms with Crippen molar-refractivity contribution in [3.8, 4) is 11.5 Å². The average Bonchev–Trinajstić information content (AvgIpc) is 2.70. The summed E-state index contributed by atoms with van der Waals surface area (Å²) in [5.74, 6) is 1.53. The number of aryl methyl sites for hydroxylation is 1. The molecule has 1 aliphatic rings. The zero-order valence-corrected chi connectivity index (χ0v) is 16.8. The van der Waals surface area contributed by atoms with Gasteiger partial charge in [-0.15, -0.1) is 0 Å². The maximum atomic E-state index is 12.5. The van der Waals surface area contributed by atoms with Crippen molar-refractivity contribution in [2.24, 2.45) is 0 Å². The van der Waals surface area contributed by atoms with Crippen molar-refractivity contribution in [2.75, 3.05) is 20.8 Å². The summed E-state index contributed by atoms with van der Waals surface area (Å²) in [6.45, 7) is 5.91. The van der Waals surface area contributed by atoms with Crippen LogP contribution in [-0.4, -0.2) is 30.1 Å². The lowest BCUT2D eigenvalue weighted by Crippen LogP contribution is -3.11. The number of pyridine rings is 1. The first-order chi connectivity index (χ1) is 13.5. The smallest absolute Gasteiger partial charge is 0.258 e. The van der Waals surface area contributed by atoms with Gasteiger partial charge in [-0.3, -0.25) is 9.20 Å². The molecule has 3 aromatic rings. The molecule has 146 valence electrons. The second-order valence-corrected chi connectivity index (χ2v) is 7.43. The number of hydrogen-bond acceptors (Lipinski definition) is 4. The Morgan fingerprint density at radius 1 is 1.21 bits per heavy atom. The minimum atomic E-state index is -0.0282. The first-order valence-corrected chi connectivity index (χ1v) is 9.59. The second kappa shape index (κ2) is 7.28. The van der Waals surface area contributed by atoms with Crippen molar-refractivity contribution in [2.45, 2.75) is 32.9 Å². The van der Waals surface area contributed by atoms with E-state index in [2.05, 4.69) is 19.1 Å². The Labute approximate surface area is 164 Å². The van der Waals surface area contributed by atoms with Gasteiger partial charge in [-0.1, -0.05) is 6.07 Å². The number of aromatic nitrogens is 2. The Hall–Kier alpha value is -2.86. The largest absolute Gasteiger partial charge is 0.493 e. The summed E-state index contributed by atoms with van der Waals surface area (Å²) in [7, 11) is 3.33. The van der Waals surface area contributed by atoms with E-state index < -0.39 is 0 Å². The van der Waals surface area contributed by atoms with Gasteiger partial charge in [0, 0.05) is 24.2 Å². The molecule has 0 amide bonds. The molecule has 3 heterocycles. The monoisotopic (exact) mass is 380 g/mol. The Morgan fingerprint density at radius 3 is 2.71 bits per heavy atom. The molecule has 28 heavy (non-hydrogen) atoms. The molecule has 0 spiro atoms. The fourth-order valence-corrected chi connectivity index (χ4v) is 4.16. The van der Waals surface area contributed by atoms with Crippen molar-refractivity contribution in [1.29, 1.82) is 0 Å². The number of methoxy groups -OCH3 is 2. The molecule has 2 atom stereocenters. The van der Waals surface area contributed by atoms with Crippen molar-refractivity contribution in [1.82, 2.24) is 9.38 Å². The number of rotatable bonds is 4. The first-order valence-electron chi connectivity index (χ1n) is 9.59. The van der Waals surface area contributed by atoms with E-state index in [0.717, 1.165) is 47.9 Å². The van der Waals surface area contributed by atoms with Crippen LogP contribution in [0.5, 0.6) is 11.5 Å². The highest BCUT2D eigenvalue weighted by molar-refractivity contribution is 5.49. The van der Waals surface area contributed by atoms with Gasteiger partial charge in [-0.05, 0) is 43.2 Å². The van der Waals surface area contributed by atoms with Gasteiger partial charge in [-0.25, -0.2) is 4.98 Å². The van der Waals surface area contributed by atoms with Crippen LogP contribution in [0.25, 0.3) is 5.65 Å². The van der Waals surface area contributed by atoms with Gasteiger partial charge in [0.05, 0.1) is 20.8 Å². The van der Waals surface area contributed by atoms with Gasteiger partial charge in [0.1, 0.15) is 23.9 Å². The molecule has 2 aromatic heterocycles. The first kappa shape index (κ1) is 18.5. The van der Waals surface area contributed by atoms with Gasteiger partial charge in [-0.2, -0.15) is 0 Å². The van der Waals surface area contributed by atoms with Crippen LogP contribution in [0.1, 0.15) is 35.3 Å². The number of hydrogen-bond donors (Lipinski definition) is 1. The Balaban J connectivity index is 1.66. The molecular formula is C22H26N3O3+. The number of fused-ring (bicyclic) bond motifs is 2. The molecule has 4 rings (SSSR count). The van der Waals surface area contributed by atoms with E-state index in [1.807, 2.05) is 19.1 Å². The lowest BCUT2D eigenvalue weighted by Gasteiger charge is -2.32. The van der Waals surface area contributed by atoms with E-state index in [9.17, 15) is 4.79 Å². The van der Waals surface area contributed by atoms with Crippen molar-refractivity contribution < 1.29 is 14.4 Å². The van der Waals surface area contributed by atoms with E-state index in [1.54, 1.807) is 30.9 Å². The maximum Gasteiger partial charge on any atom is 0.258 e. The molecule has 1 aromatic carbocycles. The zero-order chi connectivity index (χ0) is 19.8. The molecule has 0 bridgehead atoms. The van der Waals surface area contributed by atoms with Gasteiger partial charge >= 0.3 is 0 Å². The van der Waals surface area contributed by atoms with E-state index in [0.29, 0.717) is 0 Å². The highest BCUT2D eigenvalue weighted by atomic mass is 16.5. The Morgan fingerprint density at radius 2 is 1.96 bits per heavy atom. The normalized spacial score (nSPS) is 18.7.